The molecule has 0 saturated carbocycles. The molecule has 2 fully saturated rings. The fourth-order valence-electron chi connectivity index (χ4n) is 3.63. The average molecular weight is 286 g/mol. The highest BCUT2D eigenvalue weighted by atomic mass is 32.2. The van der Waals surface area contributed by atoms with E-state index in [4.69, 9.17) is 10.5 Å². The van der Waals surface area contributed by atoms with Gasteiger partial charge in [0.15, 0.2) is 0 Å². The van der Waals surface area contributed by atoms with E-state index in [2.05, 4.69) is 44.4 Å². The summed E-state index contributed by atoms with van der Waals surface area (Å²) >= 11 is 2.07. The van der Waals surface area contributed by atoms with Gasteiger partial charge in [0.25, 0.3) is 0 Å². The molecule has 0 aliphatic carbocycles. The molecule has 0 aromatic rings. The van der Waals surface area contributed by atoms with Crippen molar-refractivity contribution in [2.45, 2.75) is 58.2 Å². The second-order valence-electron chi connectivity index (χ2n) is 6.78. The van der Waals surface area contributed by atoms with Crippen LogP contribution in [0.1, 0.15) is 40.5 Å². The van der Waals surface area contributed by atoms with E-state index in [1.54, 1.807) is 0 Å². The fourth-order valence-corrected chi connectivity index (χ4v) is 5.44. The van der Waals surface area contributed by atoms with Gasteiger partial charge in [-0.1, -0.05) is 20.8 Å². The molecular weight excluding hydrogens is 256 g/mol. The van der Waals surface area contributed by atoms with Crippen molar-refractivity contribution < 1.29 is 4.74 Å². The van der Waals surface area contributed by atoms with Crippen molar-refractivity contribution in [3.8, 4) is 0 Å². The Labute approximate surface area is 122 Å². The lowest BCUT2D eigenvalue weighted by Crippen LogP contribution is -2.71. The van der Waals surface area contributed by atoms with Crippen LogP contribution >= 0.6 is 11.8 Å². The molecule has 3 atom stereocenters. The maximum absolute atomic E-state index is 6.31. The van der Waals surface area contributed by atoms with Crippen molar-refractivity contribution >= 4 is 11.8 Å². The Morgan fingerprint density at radius 3 is 2.74 bits per heavy atom. The van der Waals surface area contributed by atoms with Crippen molar-refractivity contribution in [1.82, 2.24) is 4.90 Å². The summed E-state index contributed by atoms with van der Waals surface area (Å²) in [5.74, 6) is 2.44. The smallest absolute Gasteiger partial charge is 0.0675 e. The van der Waals surface area contributed by atoms with Gasteiger partial charge in [0.1, 0.15) is 0 Å². The predicted octanol–water partition coefficient (Wildman–Crippen LogP) is 2.35. The van der Waals surface area contributed by atoms with E-state index in [1.807, 2.05) is 0 Å². The van der Waals surface area contributed by atoms with Crippen LogP contribution in [0.15, 0.2) is 0 Å². The molecule has 2 aliphatic rings. The molecule has 19 heavy (non-hydrogen) atoms. The Morgan fingerprint density at radius 1 is 1.42 bits per heavy atom. The van der Waals surface area contributed by atoms with Crippen LogP contribution in [0.5, 0.6) is 0 Å². The Morgan fingerprint density at radius 2 is 2.16 bits per heavy atom. The first-order valence-corrected chi connectivity index (χ1v) is 8.78. The van der Waals surface area contributed by atoms with Crippen molar-refractivity contribution in [3.63, 3.8) is 0 Å². The summed E-state index contributed by atoms with van der Waals surface area (Å²) in [5.41, 5.74) is 6.73. The molecule has 2 heterocycles. The van der Waals surface area contributed by atoms with Crippen LogP contribution in [0.2, 0.25) is 0 Å². The van der Waals surface area contributed by atoms with Gasteiger partial charge in [0.2, 0.25) is 0 Å². The van der Waals surface area contributed by atoms with Gasteiger partial charge in [-0.25, -0.2) is 0 Å². The molecule has 0 amide bonds. The zero-order chi connectivity index (χ0) is 14.1. The summed E-state index contributed by atoms with van der Waals surface area (Å²) in [6, 6.07) is 0.526. The van der Waals surface area contributed by atoms with Gasteiger partial charge in [0.05, 0.1) is 12.7 Å². The molecule has 3 unspecified atom stereocenters. The second kappa shape index (κ2) is 5.92. The minimum Gasteiger partial charge on any atom is -0.376 e. The first-order valence-electron chi connectivity index (χ1n) is 7.63. The molecule has 0 aromatic heterocycles. The van der Waals surface area contributed by atoms with Crippen LogP contribution in [-0.4, -0.2) is 53.8 Å². The van der Waals surface area contributed by atoms with Crippen molar-refractivity contribution in [1.29, 1.82) is 0 Å². The highest BCUT2D eigenvalue weighted by molar-refractivity contribution is 7.99. The zero-order valence-corrected chi connectivity index (χ0v) is 13.8. The van der Waals surface area contributed by atoms with Gasteiger partial charge >= 0.3 is 0 Å². The van der Waals surface area contributed by atoms with E-state index < -0.39 is 0 Å². The minimum atomic E-state index is 0.134. The first-order chi connectivity index (χ1) is 8.97. The number of hydrogen-bond donors (Lipinski definition) is 1. The van der Waals surface area contributed by atoms with Crippen molar-refractivity contribution in [2.75, 3.05) is 31.2 Å². The number of morpholine rings is 1. The predicted molar refractivity (Wildman–Crippen MR) is 83.7 cm³/mol. The molecular formula is C15H30N2OS. The Hall–Kier alpha value is 0.230. The summed E-state index contributed by atoms with van der Waals surface area (Å²) < 4.78 is 5.87. The minimum absolute atomic E-state index is 0.134. The lowest BCUT2D eigenvalue weighted by atomic mass is 9.69. The van der Waals surface area contributed by atoms with E-state index in [9.17, 15) is 0 Å². The van der Waals surface area contributed by atoms with Gasteiger partial charge in [-0.15, -0.1) is 0 Å². The third kappa shape index (κ3) is 2.69. The molecule has 3 nitrogen and oxygen atoms in total. The van der Waals surface area contributed by atoms with Crippen LogP contribution in [-0.2, 0) is 4.74 Å². The number of nitrogens with two attached hydrogens (primary N) is 1. The van der Waals surface area contributed by atoms with Crippen molar-refractivity contribution in [3.05, 3.63) is 0 Å². The molecule has 0 bridgehead atoms. The summed E-state index contributed by atoms with van der Waals surface area (Å²) in [5, 5.41) is 0. The van der Waals surface area contributed by atoms with Gasteiger partial charge < -0.3 is 10.5 Å². The number of ether oxygens (including phenoxy) is 1. The topological polar surface area (TPSA) is 38.5 Å². The molecule has 0 spiro atoms. The summed E-state index contributed by atoms with van der Waals surface area (Å²) in [7, 11) is 0. The summed E-state index contributed by atoms with van der Waals surface area (Å²) in [6.07, 6.45) is 2.74. The molecule has 0 radical (unpaired) electrons. The SMILES string of the molecule is CCC1COC(C)CN1C1(CN)CSCCC1(C)C. The number of hydrogen-bond acceptors (Lipinski definition) is 4. The highest BCUT2D eigenvalue weighted by Gasteiger charge is 2.52. The Bertz CT molecular complexity index is 311. The maximum atomic E-state index is 6.31. The van der Waals surface area contributed by atoms with Crippen LogP contribution in [0, 0.1) is 5.41 Å². The van der Waals surface area contributed by atoms with E-state index in [0.29, 0.717) is 12.1 Å². The van der Waals surface area contributed by atoms with Gasteiger partial charge in [0, 0.05) is 30.4 Å². The van der Waals surface area contributed by atoms with Crippen LogP contribution in [0.3, 0.4) is 0 Å². The van der Waals surface area contributed by atoms with E-state index in [0.717, 1.165) is 26.1 Å². The molecule has 2 N–H and O–H groups in total. The second-order valence-corrected chi connectivity index (χ2v) is 7.89. The monoisotopic (exact) mass is 286 g/mol. The third-order valence-electron chi connectivity index (χ3n) is 5.30. The van der Waals surface area contributed by atoms with E-state index in [1.165, 1.54) is 17.9 Å². The lowest BCUT2D eigenvalue weighted by molar-refractivity contribution is -0.124. The van der Waals surface area contributed by atoms with Crippen molar-refractivity contribution in [2.24, 2.45) is 11.1 Å². The molecule has 0 aromatic carbocycles. The van der Waals surface area contributed by atoms with Crippen LogP contribution in [0.25, 0.3) is 0 Å². The normalized spacial score (nSPS) is 40.3. The van der Waals surface area contributed by atoms with Gasteiger partial charge in [-0.2, -0.15) is 11.8 Å². The molecule has 112 valence electrons. The highest BCUT2D eigenvalue weighted by Crippen LogP contribution is 2.47. The lowest BCUT2D eigenvalue weighted by Gasteiger charge is -2.59. The van der Waals surface area contributed by atoms with Crippen LogP contribution in [0.4, 0.5) is 0 Å². The van der Waals surface area contributed by atoms with Gasteiger partial charge in [-0.05, 0) is 30.9 Å². The largest absolute Gasteiger partial charge is 0.376 e. The van der Waals surface area contributed by atoms with Gasteiger partial charge in [-0.3, -0.25) is 4.90 Å². The molecule has 4 heteroatoms. The standard InChI is InChI=1S/C15H30N2OS/c1-5-13-9-18-12(2)8-17(13)15(10-16)11-19-7-6-14(15,3)4/h12-13H,5-11,16H2,1-4H3. The average Bonchev–Trinajstić information content (AvgIpc) is 2.38. The fraction of sp³-hybridized carbons (Fsp3) is 1.00. The zero-order valence-electron chi connectivity index (χ0n) is 12.9. The van der Waals surface area contributed by atoms with E-state index >= 15 is 0 Å². The number of rotatable bonds is 3. The Kier molecular flexibility index (Phi) is 4.87. The molecule has 2 rings (SSSR count). The number of nitrogens with zero attached hydrogens (tertiary/aromatic N) is 1. The maximum Gasteiger partial charge on any atom is 0.0675 e. The van der Waals surface area contributed by atoms with E-state index in [-0.39, 0.29) is 11.0 Å². The molecule has 2 saturated heterocycles. The summed E-state index contributed by atoms with van der Waals surface area (Å²) in [6.45, 7) is 11.9. The summed E-state index contributed by atoms with van der Waals surface area (Å²) in [4.78, 5) is 2.70. The third-order valence-corrected chi connectivity index (χ3v) is 6.47. The van der Waals surface area contributed by atoms with Crippen LogP contribution < -0.4 is 5.73 Å². The molecule has 2 aliphatic heterocycles. The first kappa shape index (κ1) is 15.6. The quantitative estimate of drug-likeness (QED) is 0.864. The number of thioether (sulfide) groups is 1. The Balaban J connectivity index is 2.31.